The number of rotatable bonds is 5. The number of nitrogens with zero attached hydrogens (tertiary/aromatic N) is 2. The van der Waals surface area contributed by atoms with Gasteiger partial charge in [0.15, 0.2) is 5.82 Å². The van der Waals surface area contributed by atoms with Gasteiger partial charge in [0.1, 0.15) is 11.3 Å². The maximum absolute atomic E-state index is 6.17. The number of halogens is 1. The third kappa shape index (κ3) is 3.67. The lowest BCUT2D eigenvalue weighted by Crippen LogP contribution is -2.16. The third-order valence-electron chi connectivity index (χ3n) is 3.71. The van der Waals surface area contributed by atoms with Crippen molar-refractivity contribution < 1.29 is 4.74 Å². The standard InChI is InChI=1S/C15H23ClN2O/c1-4-19-14(10(2)3)15-17-12(9-13(16)18-15)11-7-5-6-8-11/h9-11,14H,4-8H2,1-3H3. The van der Waals surface area contributed by atoms with Gasteiger partial charge in [-0.25, -0.2) is 9.97 Å². The first-order valence-corrected chi connectivity index (χ1v) is 7.65. The predicted octanol–water partition coefficient (Wildman–Crippen LogP) is 4.52. The summed E-state index contributed by atoms with van der Waals surface area (Å²) in [6.07, 6.45) is 4.95. The summed E-state index contributed by atoms with van der Waals surface area (Å²) in [5, 5.41) is 0.539. The van der Waals surface area contributed by atoms with Gasteiger partial charge < -0.3 is 4.74 Å². The zero-order chi connectivity index (χ0) is 13.8. The molecule has 4 heteroatoms. The Morgan fingerprint density at radius 3 is 2.58 bits per heavy atom. The van der Waals surface area contributed by atoms with E-state index in [0.717, 1.165) is 11.5 Å². The third-order valence-corrected chi connectivity index (χ3v) is 3.91. The van der Waals surface area contributed by atoms with Crippen LogP contribution in [0.25, 0.3) is 0 Å². The van der Waals surface area contributed by atoms with E-state index in [1.807, 2.05) is 13.0 Å². The van der Waals surface area contributed by atoms with Crippen LogP contribution < -0.4 is 0 Å². The van der Waals surface area contributed by atoms with Gasteiger partial charge in [-0.05, 0) is 31.7 Å². The molecular weight excluding hydrogens is 260 g/mol. The topological polar surface area (TPSA) is 35.0 Å². The molecule has 1 unspecified atom stereocenters. The van der Waals surface area contributed by atoms with E-state index in [9.17, 15) is 0 Å². The van der Waals surface area contributed by atoms with E-state index in [4.69, 9.17) is 21.3 Å². The summed E-state index contributed by atoms with van der Waals surface area (Å²) in [4.78, 5) is 9.11. The number of hydrogen-bond donors (Lipinski definition) is 0. The zero-order valence-corrected chi connectivity index (χ0v) is 12.8. The van der Waals surface area contributed by atoms with Crippen LogP contribution >= 0.6 is 11.6 Å². The Bertz CT molecular complexity index is 417. The van der Waals surface area contributed by atoms with Crippen LogP contribution in [0.15, 0.2) is 6.07 Å². The Hall–Kier alpha value is -0.670. The quantitative estimate of drug-likeness (QED) is 0.745. The van der Waals surface area contributed by atoms with Gasteiger partial charge in [0.2, 0.25) is 0 Å². The van der Waals surface area contributed by atoms with Crippen LogP contribution in [-0.4, -0.2) is 16.6 Å². The average molecular weight is 283 g/mol. The van der Waals surface area contributed by atoms with Crippen LogP contribution in [0.5, 0.6) is 0 Å². The lowest BCUT2D eigenvalue weighted by Gasteiger charge is -2.21. The first-order valence-electron chi connectivity index (χ1n) is 7.27. The zero-order valence-electron chi connectivity index (χ0n) is 12.0. The largest absolute Gasteiger partial charge is 0.370 e. The maximum Gasteiger partial charge on any atom is 0.159 e. The highest BCUT2D eigenvalue weighted by Gasteiger charge is 2.24. The molecule has 3 nitrogen and oxygen atoms in total. The van der Waals surface area contributed by atoms with Crippen molar-refractivity contribution in [3.05, 3.63) is 22.7 Å². The minimum absolute atomic E-state index is 0.0659. The number of hydrogen-bond acceptors (Lipinski definition) is 3. The first-order chi connectivity index (χ1) is 9.11. The molecular formula is C15H23ClN2O. The predicted molar refractivity (Wildman–Crippen MR) is 77.5 cm³/mol. The lowest BCUT2D eigenvalue weighted by molar-refractivity contribution is 0.0230. The number of aromatic nitrogens is 2. The van der Waals surface area contributed by atoms with Gasteiger partial charge >= 0.3 is 0 Å². The van der Waals surface area contributed by atoms with Gasteiger partial charge in [-0.15, -0.1) is 0 Å². The molecule has 0 aliphatic heterocycles. The summed E-state index contributed by atoms with van der Waals surface area (Å²) in [6, 6.07) is 1.92. The Morgan fingerprint density at radius 2 is 2.00 bits per heavy atom. The van der Waals surface area contributed by atoms with E-state index in [1.165, 1.54) is 25.7 Å². The minimum Gasteiger partial charge on any atom is -0.370 e. The first kappa shape index (κ1) is 14.7. The smallest absolute Gasteiger partial charge is 0.159 e. The molecule has 106 valence electrons. The second-order valence-electron chi connectivity index (χ2n) is 5.58. The summed E-state index contributed by atoms with van der Waals surface area (Å²) in [7, 11) is 0. The van der Waals surface area contributed by atoms with Crippen molar-refractivity contribution in [1.29, 1.82) is 0 Å². The highest BCUT2D eigenvalue weighted by atomic mass is 35.5. The van der Waals surface area contributed by atoms with Gasteiger partial charge in [0.05, 0.1) is 0 Å². The molecule has 1 aliphatic carbocycles. The monoisotopic (exact) mass is 282 g/mol. The normalized spacial score (nSPS) is 18.2. The van der Waals surface area contributed by atoms with E-state index in [-0.39, 0.29) is 6.10 Å². The molecule has 1 aromatic rings. The lowest BCUT2D eigenvalue weighted by atomic mass is 10.0. The molecule has 1 aliphatic rings. The molecule has 0 radical (unpaired) electrons. The molecule has 0 bridgehead atoms. The van der Waals surface area contributed by atoms with Gasteiger partial charge in [0.25, 0.3) is 0 Å². The van der Waals surface area contributed by atoms with Crippen LogP contribution in [-0.2, 0) is 4.74 Å². The van der Waals surface area contributed by atoms with Gasteiger partial charge in [-0.3, -0.25) is 0 Å². The van der Waals surface area contributed by atoms with E-state index >= 15 is 0 Å². The molecule has 19 heavy (non-hydrogen) atoms. The minimum atomic E-state index is -0.0659. The molecule has 2 rings (SSSR count). The molecule has 0 amide bonds. The molecule has 0 saturated heterocycles. The summed E-state index contributed by atoms with van der Waals surface area (Å²) in [5.74, 6) is 1.63. The SMILES string of the molecule is CCOC(c1nc(Cl)cc(C2CCCC2)n1)C(C)C. The molecule has 1 atom stereocenters. The molecule has 1 heterocycles. The van der Waals surface area contributed by atoms with E-state index in [2.05, 4.69) is 18.8 Å². The Morgan fingerprint density at radius 1 is 1.32 bits per heavy atom. The van der Waals surface area contributed by atoms with Gasteiger partial charge in [0, 0.05) is 18.2 Å². The van der Waals surface area contributed by atoms with Crippen molar-refractivity contribution in [2.45, 2.75) is 58.5 Å². The summed E-state index contributed by atoms with van der Waals surface area (Å²) < 4.78 is 5.78. The second-order valence-corrected chi connectivity index (χ2v) is 5.96. The van der Waals surface area contributed by atoms with Crippen molar-refractivity contribution >= 4 is 11.6 Å². The molecule has 0 aromatic carbocycles. The summed E-state index contributed by atoms with van der Waals surface area (Å²) in [6.45, 7) is 6.91. The fraction of sp³-hybridized carbons (Fsp3) is 0.733. The van der Waals surface area contributed by atoms with Crippen molar-refractivity contribution in [1.82, 2.24) is 9.97 Å². The van der Waals surface area contributed by atoms with E-state index in [1.54, 1.807) is 0 Å². The summed E-state index contributed by atoms with van der Waals surface area (Å²) >= 11 is 6.17. The average Bonchev–Trinajstić information content (AvgIpc) is 2.88. The van der Waals surface area contributed by atoms with Gasteiger partial charge in [-0.1, -0.05) is 38.3 Å². The highest BCUT2D eigenvalue weighted by molar-refractivity contribution is 6.29. The van der Waals surface area contributed by atoms with Crippen molar-refractivity contribution in [2.24, 2.45) is 5.92 Å². The van der Waals surface area contributed by atoms with Gasteiger partial charge in [-0.2, -0.15) is 0 Å². The Labute approximate surface area is 120 Å². The Balaban J connectivity index is 2.28. The second kappa shape index (κ2) is 6.67. The van der Waals surface area contributed by atoms with Crippen LogP contribution in [0.1, 0.15) is 70.0 Å². The van der Waals surface area contributed by atoms with Crippen LogP contribution in [0.3, 0.4) is 0 Å². The number of ether oxygens (including phenoxy) is 1. The maximum atomic E-state index is 6.17. The van der Waals surface area contributed by atoms with Crippen LogP contribution in [0.2, 0.25) is 5.15 Å². The van der Waals surface area contributed by atoms with Crippen molar-refractivity contribution in [3.8, 4) is 0 Å². The summed E-state index contributed by atoms with van der Waals surface area (Å²) in [5.41, 5.74) is 1.10. The fourth-order valence-electron chi connectivity index (χ4n) is 2.76. The van der Waals surface area contributed by atoms with Crippen molar-refractivity contribution in [3.63, 3.8) is 0 Å². The van der Waals surface area contributed by atoms with Crippen LogP contribution in [0, 0.1) is 5.92 Å². The molecule has 1 saturated carbocycles. The molecule has 0 N–H and O–H groups in total. The molecule has 1 aromatic heterocycles. The Kier molecular flexibility index (Phi) is 5.17. The molecule has 1 fully saturated rings. The van der Waals surface area contributed by atoms with E-state index < -0.39 is 0 Å². The fourth-order valence-corrected chi connectivity index (χ4v) is 2.95. The highest BCUT2D eigenvalue weighted by Crippen LogP contribution is 2.35. The van der Waals surface area contributed by atoms with E-state index in [0.29, 0.717) is 23.6 Å². The van der Waals surface area contributed by atoms with Crippen LogP contribution in [0.4, 0.5) is 0 Å². The molecule has 0 spiro atoms. The van der Waals surface area contributed by atoms with Crippen molar-refractivity contribution in [2.75, 3.05) is 6.61 Å².